The van der Waals surface area contributed by atoms with Gasteiger partial charge in [0, 0.05) is 23.7 Å². The molecule has 1 N–H and O–H groups in total. The second-order valence-corrected chi connectivity index (χ2v) is 9.39. The van der Waals surface area contributed by atoms with Gasteiger partial charge in [-0.3, -0.25) is 4.79 Å². The molecule has 0 spiro atoms. The molecule has 0 aromatic heterocycles. The number of hydrogen-bond donors (Lipinski definition) is 1. The summed E-state index contributed by atoms with van der Waals surface area (Å²) in [5.74, 6) is -0.0494. The molecule has 0 radical (unpaired) electrons. The number of fused-ring (bicyclic) bond motifs is 2. The Morgan fingerprint density at radius 1 is 1.03 bits per heavy atom. The first-order valence-corrected chi connectivity index (χ1v) is 11.1. The van der Waals surface area contributed by atoms with Gasteiger partial charge in [0.25, 0.3) is 5.91 Å². The second-order valence-electron chi connectivity index (χ2n) is 7.54. The monoisotopic (exact) mass is 418 g/mol. The van der Waals surface area contributed by atoms with Gasteiger partial charge < -0.3 is 10.1 Å². The predicted octanol–water partition coefficient (Wildman–Crippen LogP) is 2.95. The average molecular weight is 418 g/mol. The topological polar surface area (TPSA) is 75.7 Å². The Kier molecular flexibility index (Phi) is 5.31. The Balaban J connectivity index is 1.47. The number of hydrogen-bond acceptors (Lipinski definition) is 4. The third kappa shape index (κ3) is 3.86. The number of rotatable bonds is 5. The zero-order valence-corrected chi connectivity index (χ0v) is 16.9. The summed E-state index contributed by atoms with van der Waals surface area (Å²) in [4.78, 5) is 12.7. The van der Waals surface area contributed by atoms with Crippen molar-refractivity contribution in [3.8, 4) is 5.75 Å². The van der Waals surface area contributed by atoms with Crippen LogP contribution in [-0.4, -0.2) is 43.9 Å². The molecule has 2 aromatic carbocycles. The maximum atomic E-state index is 13.2. The lowest BCUT2D eigenvalue weighted by atomic mass is 9.99. The van der Waals surface area contributed by atoms with Crippen molar-refractivity contribution >= 4 is 15.9 Å². The van der Waals surface area contributed by atoms with Crippen LogP contribution < -0.4 is 10.1 Å². The van der Waals surface area contributed by atoms with E-state index >= 15 is 0 Å². The predicted molar refractivity (Wildman–Crippen MR) is 106 cm³/mol. The molecular weight excluding hydrogens is 395 g/mol. The fraction of sp³-hybridized carbons (Fsp3) is 0.381. The fourth-order valence-corrected chi connectivity index (χ4v) is 6.28. The van der Waals surface area contributed by atoms with Crippen molar-refractivity contribution in [2.45, 2.75) is 48.7 Å². The van der Waals surface area contributed by atoms with Crippen molar-refractivity contribution in [1.29, 1.82) is 0 Å². The third-order valence-electron chi connectivity index (χ3n) is 5.74. The summed E-state index contributed by atoms with van der Waals surface area (Å²) < 4.78 is 46.2. The summed E-state index contributed by atoms with van der Waals surface area (Å²) in [7, 11) is -2.07. The van der Waals surface area contributed by atoms with Crippen molar-refractivity contribution in [3.63, 3.8) is 0 Å². The molecule has 2 heterocycles. The van der Waals surface area contributed by atoms with Gasteiger partial charge in [0.05, 0.1) is 12.0 Å². The van der Waals surface area contributed by atoms with E-state index in [1.54, 1.807) is 28.6 Å². The molecule has 2 aromatic rings. The Labute approximate surface area is 169 Å². The molecule has 2 bridgehead atoms. The largest absolute Gasteiger partial charge is 0.497 e. The summed E-state index contributed by atoms with van der Waals surface area (Å²) in [6, 6.07) is 11.4. The van der Waals surface area contributed by atoms with E-state index in [0.717, 1.165) is 12.8 Å². The molecule has 6 nitrogen and oxygen atoms in total. The number of halogens is 1. The number of carbonyl (C=O) groups excluding carboxylic acids is 1. The Morgan fingerprint density at radius 3 is 2.17 bits per heavy atom. The molecule has 2 fully saturated rings. The van der Waals surface area contributed by atoms with Crippen LogP contribution in [0.4, 0.5) is 4.39 Å². The van der Waals surface area contributed by atoms with E-state index in [4.69, 9.17) is 4.74 Å². The Morgan fingerprint density at radius 2 is 1.62 bits per heavy atom. The molecular formula is C21H23FN2O4S. The van der Waals surface area contributed by atoms with Gasteiger partial charge in [-0.2, -0.15) is 4.31 Å². The quantitative estimate of drug-likeness (QED) is 0.810. The third-order valence-corrected chi connectivity index (χ3v) is 7.76. The van der Waals surface area contributed by atoms with Crippen LogP contribution in [-0.2, 0) is 10.0 Å². The number of ether oxygens (including phenoxy) is 1. The normalized spacial score (nSPS) is 24.3. The summed E-state index contributed by atoms with van der Waals surface area (Å²) >= 11 is 0. The smallest absolute Gasteiger partial charge is 0.251 e. The average Bonchev–Trinajstić information content (AvgIpc) is 3.00. The van der Waals surface area contributed by atoms with Crippen molar-refractivity contribution < 1.29 is 22.3 Å². The maximum Gasteiger partial charge on any atom is 0.251 e. The summed E-state index contributed by atoms with van der Waals surface area (Å²) in [6.07, 6.45) is 2.70. The van der Waals surface area contributed by atoms with Crippen molar-refractivity contribution in [2.24, 2.45) is 0 Å². The minimum absolute atomic E-state index is 0.104. The molecule has 0 aliphatic carbocycles. The molecule has 2 saturated heterocycles. The lowest BCUT2D eigenvalue weighted by Crippen LogP contribution is -2.52. The van der Waals surface area contributed by atoms with Gasteiger partial charge in [-0.25, -0.2) is 12.8 Å². The number of methoxy groups -OCH3 is 1. The van der Waals surface area contributed by atoms with Crippen LogP contribution in [0, 0.1) is 5.82 Å². The molecule has 2 aliphatic rings. The second kappa shape index (κ2) is 7.76. The van der Waals surface area contributed by atoms with E-state index in [9.17, 15) is 17.6 Å². The van der Waals surface area contributed by atoms with E-state index in [1.165, 1.54) is 31.4 Å². The van der Waals surface area contributed by atoms with E-state index in [1.807, 2.05) is 0 Å². The number of nitrogens with one attached hydrogen (secondary N) is 1. The highest BCUT2D eigenvalue weighted by atomic mass is 32.2. The Hall–Kier alpha value is -2.45. The standard InChI is InChI=1S/C21H23FN2O4S/c1-28-19-8-10-20(11-9-19)29(26,27)24-17-6-7-18(24)13-16(12-17)23-21(25)14-2-4-15(22)5-3-14/h2-5,8-11,16-18H,6-7,12-13H2,1H3,(H,23,25). The molecule has 1 amide bonds. The van der Waals surface area contributed by atoms with Gasteiger partial charge in [0.15, 0.2) is 0 Å². The van der Waals surface area contributed by atoms with Gasteiger partial charge >= 0.3 is 0 Å². The number of carbonyl (C=O) groups is 1. The first-order valence-electron chi connectivity index (χ1n) is 9.62. The highest BCUT2D eigenvalue weighted by molar-refractivity contribution is 7.89. The first-order chi connectivity index (χ1) is 13.9. The molecule has 4 rings (SSSR count). The highest BCUT2D eigenvalue weighted by Crippen LogP contribution is 2.40. The minimum atomic E-state index is -3.61. The number of piperidine rings is 1. The van der Waals surface area contributed by atoms with E-state index in [0.29, 0.717) is 24.2 Å². The lowest BCUT2D eigenvalue weighted by molar-refractivity contribution is 0.0909. The molecule has 2 atom stereocenters. The van der Waals surface area contributed by atoms with Crippen LogP contribution in [0.3, 0.4) is 0 Å². The number of amides is 1. The summed E-state index contributed by atoms with van der Waals surface area (Å²) in [6.45, 7) is 0. The van der Waals surface area contributed by atoms with Crippen LogP contribution in [0.2, 0.25) is 0 Å². The van der Waals surface area contributed by atoms with Gasteiger partial charge in [-0.15, -0.1) is 0 Å². The van der Waals surface area contributed by atoms with Crippen LogP contribution in [0.15, 0.2) is 53.4 Å². The lowest BCUT2D eigenvalue weighted by Gasteiger charge is -2.38. The molecule has 2 unspecified atom stereocenters. The zero-order chi connectivity index (χ0) is 20.6. The number of sulfonamides is 1. The SMILES string of the molecule is COc1ccc(S(=O)(=O)N2C3CCC2CC(NC(=O)c2ccc(F)cc2)C3)cc1. The van der Waals surface area contributed by atoms with Crippen LogP contribution in [0.1, 0.15) is 36.0 Å². The minimum Gasteiger partial charge on any atom is -0.497 e. The molecule has 29 heavy (non-hydrogen) atoms. The number of benzene rings is 2. The summed E-state index contributed by atoms with van der Waals surface area (Å²) in [5.41, 5.74) is 0.395. The zero-order valence-electron chi connectivity index (χ0n) is 16.0. The van der Waals surface area contributed by atoms with Crippen molar-refractivity contribution in [1.82, 2.24) is 9.62 Å². The Bertz CT molecular complexity index is 978. The molecule has 154 valence electrons. The molecule has 2 aliphatic heterocycles. The van der Waals surface area contributed by atoms with Gasteiger partial charge in [-0.05, 0) is 74.2 Å². The van der Waals surface area contributed by atoms with Gasteiger partial charge in [0.2, 0.25) is 10.0 Å². The van der Waals surface area contributed by atoms with Crippen molar-refractivity contribution in [2.75, 3.05) is 7.11 Å². The summed E-state index contributed by atoms with van der Waals surface area (Å²) in [5, 5.41) is 2.98. The molecule has 0 saturated carbocycles. The van der Waals surface area contributed by atoms with Gasteiger partial charge in [0.1, 0.15) is 11.6 Å². The highest BCUT2D eigenvalue weighted by Gasteiger charge is 2.47. The van der Waals surface area contributed by atoms with E-state index in [-0.39, 0.29) is 28.9 Å². The number of nitrogens with zero attached hydrogens (tertiary/aromatic N) is 1. The maximum absolute atomic E-state index is 13.2. The first kappa shape index (κ1) is 19.8. The van der Waals surface area contributed by atoms with Crippen molar-refractivity contribution in [3.05, 3.63) is 59.9 Å². The van der Waals surface area contributed by atoms with E-state index in [2.05, 4.69) is 5.32 Å². The van der Waals surface area contributed by atoms with Crippen LogP contribution in [0.5, 0.6) is 5.75 Å². The fourth-order valence-electron chi connectivity index (χ4n) is 4.38. The van der Waals surface area contributed by atoms with Crippen LogP contribution >= 0.6 is 0 Å². The molecule has 8 heteroatoms. The van der Waals surface area contributed by atoms with Gasteiger partial charge in [-0.1, -0.05) is 0 Å². The van der Waals surface area contributed by atoms with E-state index < -0.39 is 15.8 Å². The van der Waals surface area contributed by atoms with Crippen LogP contribution in [0.25, 0.3) is 0 Å².